The molecule has 18 heavy (non-hydrogen) atoms. The van der Waals surface area contributed by atoms with E-state index in [0.717, 1.165) is 37.1 Å². The molecule has 0 radical (unpaired) electrons. The van der Waals surface area contributed by atoms with Gasteiger partial charge in [-0.2, -0.15) is 0 Å². The Morgan fingerprint density at radius 3 is 2.94 bits per heavy atom. The zero-order valence-electron chi connectivity index (χ0n) is 11.2. The maximum Gasteiger partial charge on any atom is 0.154 e. The highest BCUT2D eigenvalue weighted by Gasteiger charge is 2.22. The first-order chi connectivity index (χ1) is 8.74. The van der Waals surface area contributed by atoms with E-state index in [1.54, 1.807) is 7.11 Å². The molecule has 2 rings (SSSR count). The molecule has 0 spiro atoms. The molecule has 98 valence electrons. The number of rotatable bonds is 5. The SMILES string of the molecule is CCc1ccc(OC)c(CC(=O)C2CCCN2)c1. The Bertz CT molecular complexity index is 423. The predicted octanol–water partition coefficient (Wildman–Crippen LogP) is 2.12. The second-order valence-corrected chi connectivity index (χ2v) is 4.79. The number of hydrogen-bond acceptors (Lipinski definition) is 3. The van der Waals surface area contributed by atoms with E-state index in [0.29, 0.717) is 6.42 Å². The number of ketones is 1. The predicted molar refractivity (Wildman–Crippen MR) is 72.1 cm³/mol. The lowest BCUT2D eigenvalue weighted by Crippen LogP contribution is -2.32. The van der Waals surface area contributed by atoms with E-state index in [9.17, 15) is 4.79 Å². The van der Waals surface area contributed by atoms with E-state index in [1.807, 2.05) is 6.07 Å². The summed E-state index contributed by atoms with van der Waals surface area (Å²) in [6.07, 6.45) is 3.51. The normalized spacial score (nSPS) is 18.9. The van der Waals surface area contributed by atoms with Crippen molar-refractivity contribution in [1.29, 1.82) is 0 Å². The standard InChI is InChI=1S/C15H21NO2/c1-3-11-6-7-15(18-2)12(9-11)10-14(17)13-5-4-8-16-13/h6-7,9,13,16H,3-5,8,10H2,1-2H3. The molecule has 1 aromatic carbocycles. The summed E-state index contributed by atoms with van der Waals surface area (Å²) in [4.78, 5) is 12.2. The lowest BCUT2D eigenvalue weighted by atomic mass is 9.99. The highest BCUT2D eigenvalue weighted by Crippen LogP contribution is 2.22. The van der Waals surface area contributed by atoms with Gasteiger partial charge in [-0.25, -0.2) is 0 Å². The molecule has 0 amide bonds. The molecule has 1 aliphatic rings. The van der Waals surface area contributed by atoms with Crippen LogP contribution in [0.3, 0.4) is 0 Å². The van der Waals surface area contributed by atoms with Crippen LogP contribution in [-0.4, -0.2) is 25.5 Å². The van der Waals surface area contributed by atoms with Crippen LogP contribution < -0.4 is 10.1 Å². The number of aryl methyl sites for hydroxylation is 1. The second kappa shape index (κ2) is 6.01. The molecule has 1 aliphatic heterocycles. The molecule has 1 unspecified atom stereocenters. The molecule has 1 heterocycles. The molecule has 0 aliphatic carbocycles. The molecular formula is C15H21NO2. The fourth-order valence-electron chi connectivity index (χ4n) is 2.46. The van der Waals surface area contributed by atoms with E-state index in [2.05, 4.69) is 24.4 Å². The van der Waals surface area contributed by atoms with Crippen molar-refractivity contribution in [2.45, 2.75) is 38.6 Å². The van der Waals surface area contributed by atoms with Crippen molar-refractivity contribution in [3.63, 3.8) is 0 Å². The van der Waals surface area contributed by atoms with Crippen LogP contribution in [0.1, 0.15) is 30.9 Å². The molecular weight excluding hydrogens is 226 g/mol. The van der Waals surface area contributed by atoms with Gasteiger partial charge in [0.25, 0.3) is 0 Å². The maximum atomic E-state index is 12.2. The molecule has 0 aromatic heterocycles. The van der Waals surface area contributed by atoms with Gasteiger partial charge in [-0.05, 0) is 37.4 Å². The van der Waals surface area contributed by atoms with Gasteiger partial charge in [-0.3, -0.25) is 4.79 Å². The van der Waals surface area contributed by atoms with Gasteiger partial charge in [0.15, 0.2) is 5.78 Å². The largest absolute Gasteiger partial charge is 0.496 e. The van der Waals surface area contributed by atoms with Gasteiger partial charge in [0, 0.05) is 12.0 Å². The summed E-state index contributed by atoms with van der Waals surface area (Å²) in [6.45, 7) is 3.08. The minimum absolute atomic E-state index is 0.0417. The van der Waals surface area contributed by atoms with Crippen molar-refractivity contribution in [1.82, 2.24) is 5.32 Å². The number of methoxy groups -OCH3 is 1. The third kappa shape index (κ3) is 2.91. The van der Waals surface area contributed by atoms with Gasteiger partial charge in [0.1, 0.15) is 5.75 Å². The van der Waals surface area contributed by atoms with Crippen molar-refractivity contribution in [2.75, 3.05) is 13.7 Å². The number of hydrogen-bond donors (Lipinski definition) is 1. The first kappa shape index (κ1) is 13.1. The van der Waals surface area contributed by atoms with Crippen LogP contribution in [0.2, 0.25) is 0 Å². The lowest BCUT2D eigenvalue weighted by molar-refractivity contribution is -0.120. The van der Waals surface area contributed by atoms with Crippen LogP contribution in [0, 0.1) is 0 Å². The third-order valence-corrected chi connectivity index (χ3v) is 3.57. The summed E-state index contributed by atoms with van der Waals surface area (Å²) < 4.78 is 5.34. The fraction of sp³-hybridized carbons (Fsp3) is 0.533. The smallest absolute Gasteiger partial charge is 0.154 e. The molecule has 0 saturated carbocycles. The number of carbonyl (C=O) groups is 1. The monoisotopic (exact) mass is 247 g/mol. The highest BCUT2D eigenvalue weighted by molar-refractivity contribution is 5.86. The van der Waals surface area contributed by atoms with Gasteiger partial charge in [0.2, 0.25) is 0 Å². The first-order valence-corrected chi connectivity index (χ1v) is 6.66. The van der Waals surface area contributed by atoms with E-state index in [-0.39, 0.29) is 11.8 Å². The molecule has 0 bridgehead atoms. The molecule has 3 nitrogen and oxygen atoms in total. The molecule has 1 aromatic rings. The zero-order valence-corrected chi connectivity index (χ0v) is 11.2. The number of nitrogens with one attached hydrogen (secondary N) is 1. The van der Waals surface area contributed by atoms with Crippen molar-refractivity contribution >= 4 is 5.78 Å². The molecule has 1 atom stereocenters. The van der Waals surface area contributed by atoms with Crippen molar-refractivity contribution in [3.05, 3.63) is 29.3 Å². The maximum absolute atomic E-state index is 12.2. The Morgan fingerprint density at radius 2 is 2.33 bits per heavy atom. The first-order valence-electron chi connectivity index (χ1n) is 6.66. The average Bonchev–Trinajstić information content (AvgIpc) is 2.92. The van der Waals surface area contributed by atoms with Crippen LogP contribution >= 0.6 is 0 Å². The van der Waals surface area contributed by atoms with Gasteiger partial charge >= 0.3 is 0 Å². The van der Waals surface area contributed by atoms with Gasteiger partial charge in [-0.1, -0.05) is 19.1 Å². The summed E-state index contributed by atoms with van der Waals surface area (Å²) in [5, 5.41) is 3.25. The average molecular weight is 247 g/mol. The van der Waals surface area contributed by atoms with Gasteiger partial charge < -0.3 is 10.1 Å². The Hall–Kier alpha value is -1.35. The number of carbonyl (C=O) groups excluding carboxylic acids is 1. The number of benzene rings is 1. The van der Waals surface area contributed by atoms with Crippen molar-refractivity contribution in [2.24, 2.45) is 0 Å². The van der Waals surface area contributed by atoms with Crippen molar-refractivity contribution < 1.29 is 9.53 Å². The van der Waals surface area contributed by atoms with E-state index in [1.165, 1.54) is 5.56 Å². The fourth-order valence-corrected chi connectivity index (χ4v) is 2.46. The molecule has 1 fully saturated rings. The van der Waals surface area contributed by atoms with Crippen molar-refractivity contribution in [3.8, 4) is 5.75 Å². The van der Waals surface area contributed by atoms with E-state index >= 15 is 0 Å². The summed E-state index contributed by atoms with van der Waals surface area (Å²) >= 11 is 0. The molecule has 1 N–H and O–H groups in total. The Balaban J connectivity index is 2.13. The van der Waals surface area contributed by atoms with Crippen LogP contribution in [0.4, 0.5) is 0 Å². The van der Waals surface area contributed by atoms with E-state index in [4.69, 9.17) is 4.74 Å². The van der Waals surface area contributed by atoms with Crippen LogP contribution in [0.15, 0.2) is 18.2 Å². The molecule has 1 saturated heterocycles. The minimum Gasteiger partial charge on any atom is -0.496 e. The quantitative estimate of drug-likeness (QED) is 0.866. The van der Waals surface area contributed by atoms with E-state index < -0.39 is 0 Å². The Kier molecular flexibility index (Phi) is 4.37. The molecule has 3 heteroatoms. The lowest BCUT2D eigenvalue weighted by Gasteiger charge is -2.12. The van der Waals surface area contributed by atoms with Gasteiger partial charge in [0.05, 0.1) is 13.2 Å². The summed E-state index contributed by atoms with van der Waals surface area (Å²) in [7, 11) is 1.66. The van der Waals surface area contributed by atoms with Crippen LogP contribution in [-0.2, 0) is 17.6 Å². The highest BCUT2D eigenvalue weighted by atomic mass is 16.5. The summed E-state index contributed by atoms with van der Waals surface area (Å²) in [5.74, 6) is 1.10. The second-order valence-electron chi connectivity index (χ2n) is 4.79. The topological polar surface area (TPSA) is 38.3 Å². The summed E-state index contributed by atoms with van der Waals surface area (Å²) in [6, 6.07) is 6.15. The Morgan fingerprint density at radius 1 is 1.50 bits per heavy atom. The third-order valence-electron chi connectivity index (χ3n) is 3.57. The van der Waals surface area contributed by atoms with Gasteiger partial charge in [-0.15, -0.1) is 0 Å². The number of Topliss-reactive ketones (excluding diaryl/α,β-unsaturated/α-hetero) is 1. The van der Waals surface area contributed by atoms with Crippen LogP contribution in [0.5, 0.6) is 5.75 Å². The summed E-state index contributed by atoms with van der Waals surface area (Å²) in [5.41, 5.74) is 2.26. The van der Waals surface area contributed by atoms with Crippen LogP contribution in [0.25, 0.3) is 0 Å². The Labute approximate surface area is 109 Å². The zero-order chi connectivity index (χ0) is 13.0. The number of ether oxygens (including phenoxy) is 1. The minimum atomic E-state index is 0.0417.